The summed E-state index contributed by atoms with van der Waals surface area (Å²) in [7, 11) is 1.21. The van der Waals surface area contributed by atoms with Gasteiger partial charge in [-0.2, -0.15) is 0 Å². The van der Waals surface area contributed by atoms with Crippen molar-refractivity contribution in [2.45, 2.75) is 18.9 Å². The highest BCUT2D eigenvalue weighted by atomic mass is 16.5. The second kappa shape index (κ2) is 7.15. The molecule has 0 bridgehead atoms. The third-order valence-corrected chi connectivity index (χ3v) is 2.42. The molecule has 0 fully saturated rings. The Bertz CT molecular complexity index is 457. The summed E-state index contributed by atoms with van der Waals surface area (Å²) in [6.45, 7) is 0. The summed E-state index contributed by atoms with van der Waals surface area (Å²) in [5.74, 6) is -2.58. The quantitative estimate of drug-likeness (QED) is 0.572. The monoisotopic (exact) mass is 265 g/mol. The number of carbonyl (C=O) groups is 3. The highest BCUT2D eigenvalue weighted by Gasteiger charge is 2.22. The smallest absolute Gasteiger partial charge is 0.328 e. The molecule has 1 atom stereocenters. The second-order valence-corrected chi connectivity index (χ2v) is 3.90. The first-order chi connectivity index (χ1) is 9.02. The summed E-state index contributed by atoms with van der Waals surface area (Å²) in [6.07, 6.45) is -0.429. The number of carboxylic acids is 1. The number of rotatable bonds is 6. The van der Waals surface area contributed by atoms with E-state index in [0.29, 0.717) is 0 Å². The number of hydrogen-bond acceptors (Lipinski definition) is 4. The fourth-order valence-corrected chi connectivity index (χ4v) is 1.57. The molecule has 102 valence electrons. The number of amides is 1. The Morgan fingerprint density at radius 2 is 1.89 bits per heavy atom. The normalized spacial score (nSPS) is 11.4. The van der Waals surface area contributed by atoms with Gasteiger partial charge in [0.05, 0.1) is 7.11 Å². The van der Waals surface area contributed by atoms with Gasteiger partial charge in [-0.15, -0.1) is 0 Å². The number of carbonyl (C=O) groups excluding carboxylic acids is 2. The van der Waals surface area contributed by atoms with Crippen LogP contribution in [0.5, 0.6) is 0 Å². The van der Waals surface area contributed by atoms with Crippen LogP contribution in [0.15, 0.2) is 30.3 Å². The molecule has 0 radical (unpaired) electrons. The van der Waals surface area contributed by atoms with Gasteiger partial charge < -0.3 is 15.2 Å². The van der Waals surface area contributed by atoms with E-state index in [0.717, 1.165) is 5.56 Å². The zero-order chi connectivity index (χ0) is 14.3. The molecule has 0 saturated carbocycles. The fourth-order valence-electron chi connectivity index (χ4n) is 1.57. The van der Waals surface area contributed by atoms with Crippen molar-refractivity contribution in [3.05, 3.63) is 35.9 Å². The molecular weight excluding hydrogens is 250 g/mol. The molecule has 0 heterocycles. The van der Waals surface area contributed by atoms with E-state index in [2.05, 4.69) is 10.1 Å². The zero-order valence-electron chi connectivity index (χ0n) is 10.5. The molecule has 0 aliphatic heterocycles. The van der Waals surface area contributed by atoms with E-state index in [-0.39, 0.29) is 6.42 Å². The summed E-state index contributed by atoms with van der Waals surface area (Å²) in [6, 6.07) is 8.17. The number of nitrogens with one attached hydrogen (secondary N) is 1. The van der Waals surface area contributed by atoms with Crippen LogP contribution in [0, 0.1) is 0 Å². The van der Waals surface area contributed by atoms with Crippen molar-refractivity contribution in [2.24, 2.45) is 0 Å². The van der Waals surface area contributed by atoms with Crippen molar-refractivity contribution >= 4 is 17.8 Å². The average Bonchev–Trinajstić information content (AvgIpc) is 2.37. The van der Waals surface area contributed by atoms with Crippen LogP contribution in [0.3, 0.4) is 0 Å². The first-order valence-corrected chi connectivity index (χ1v) is 5.66. The van der Waals surface area contributed by atoms with Gasteiger partial charge in [-0.05, 0) is 5.56 Å². The molecule has 19 heavy (non-hydrogen) atoms. The Balaban J connectivity index is 2.70. The van der Waals surface area contributed by atoms with Gasteiger partial charge in [0, 0.05) is 6.42 Å². The minimum atomic E-state index is -1.25. The number of aliphatic carboxylic acids is 1. The predicted molar refractivity (Wildman–Crippen MR) is 66.3 cm³/mol. The molecule has 2 N–H and O–H groups in total. The van der Waals surface area contributed by atoms with Crippen LogP contribution >= 0.6 is 0 Å². The summed E-state index contributed by atoms with van der Waals surface area (Å²) in [5.41, 5.74) is 0.841. The van der Waals surface area contributed by atoms with E-state index in [1.54, 1.807) is 12.1 Å². The zero-order valence-corrected chi connectivity index (χ0v) is 10.5. The van der Waals surface area contributed by atoms with E-state index >= 15 is 0 Å². The highest BCUT2D eigenvalue weighted by Crippen LogP contribution is 2.04. The Kier molecular flexibility index (Phi) is 5.53. The van der Waals surface area contributed by atoms with Gasteiger partial charge in [0.25, 0.3) is 0 Å². The van der Waals surface area contributed by atoms with Gasteiger partial charge in [0.15, 0.2) is 0 Å². The predicted octanol–water partition coefficient (Wildman–Crippen LogP) is 0.362. The molecule has 0 spiro atoms. The maximum absolute atomic E-state index is 11.6. The third kappa shape index (κ3) is 5.20. The standard InChI is InChI=1S/C13H15NO5/c1-19-13(18)10(14-11(15)8-12(16)17)7-9-5-3-2-4-6-9/h2-6,10H,7-8H2,1H3,(H,14,15)(H,16,17)/t10-/m0/s1. The summed E-state index contributed by atoms with van der Waals surface area (Å²) < 4.78 is 4.59. The number of benzene rings is 1. The lowest BCUT2D eigenvalue weighted by molar-refractivity contribution is -0.147. The lowest BCUT2D eigenvalue weighted by Crippen LogP contribution is -2.43. The molecule has 0 aromatic heterocycles. The molecule has 6 heteroatoms. The number of ether oxygens (including phenoxy) is 1. The number of hydrogen-bond donors (Lipinski definition) is 2. The second-order valence-electron chi connectivity index (χ2n) is 3.90. The maximum atomic E-state index is 11.6. The van der Waals surface area contributed by atoms with Crippen LogP contribution in [0.1, 0.15) is 12.0 Å². The van der Waals surface area contributed by atoms with E-state index in [1.807, 2.05) is 18.2 Å². The van der Waals surface area contributed by atoms with E-state index in [4.69, 9.17) is 5.11 Å². The number of methoxy groups -OCH3 is 1. The molecule has 0 unspecified atom stereocenters. The minimum Gasteiger partial charge on any atom is -0.481 e. The molecule has 1 aromatic carbocycles. The molecule has 1 aromatic rings. The van der Waals surface area contributed by atoms with E-state index in [9.17, 15) is 14.4 Å². The molecule has 6 nitrogen and oxygen atoms in total. The summed E-state index contributed by atoms with van der Waals surface area (Å²) >= 11 is 0. The van der Waals surface area contributed by atoms with Gasteiger partial charge in [-0.3, -0.25) is 9.59 Å². The van der Waals surface area contributed by atoms with Crippen LogP contribution in [-0.4, -0.2) is 36.1 Å². The van der Waals surface area contributed by atoms with Crippen molar-refractivity contribution in [3.63, 3.8) is 0 Å². The van der Waals surface area contributed by atoms with Crippen molar-refractivity contribution < 1.29 is 24.2 Å². The van der Waals surface area contributed by atoms with Crippen LogP contribution in [0.4, 0.5) is 0 Å². The molecule has 0 saturated heterocycles. The average molecular weight is 265 g/mol. The maximum Gasteiger partial charge on any atom is 0.328 e. The number of carboxylic acid groups (broad SMARTS) is 1. The van der Waals surface area contributed by atoms with Crippen LogP contribution in [-0.2, 0) is 25.5 Å². The van der Waals surface area contributed by atoms with Gasteiger partial charge in [-0.25, -0.2) is 4.79 Å². The highest BCUT2D eigenvalue weighted by molar-refractivity contribution is 5.95. The molecule has 0 aliphatic rings. The summed E-state index contributed by atoms with van der Waals surface area (Å²) in [4.78, 5) is 33.3. The minimum absolute atomic E-state index is 0.249. The molecule has 0 aliphatic carbocycles. The largest absolute Gasteiger partial charge is 0.481 e. The SMILES string of the molecule is COC(=O)[C@H](Cc1ccccc1)NC(=O)CC(=O)O. The lowest BCUT2D eigenvalue weighted by Gasteiger charge is -2.16. The lowest BCUT2D eigenvalue weighted by atomic mass is 10.1. The van der Waals surface area contributed by atoms with E-state index in [1.165, 1.54) is 7.11 Å². The van der Waals surface area contributed by atoms with Crippen molar-refractivity contribution in [2.75, 3.05) is 7.11 Å². The van der Waals surface area contributed by atoms with Gasteiger partial charge in [0.1, 0.15) is 12.5 Å². The first kappa shape index (κ1) is 14.7. The van der Waals surface area contributed by atoms with Crippen LogP contribution in [0.25, 0.3) is 0 Å². The van der Waals surface area contributed by atoms with Crippen LogP contribution in [0.2, 0.25) is 0 Å². The van der Waals surface area contributed by atoms with Gasteiger partial charge in [0.2, 0.25) is 5.91 Å². The molecule has 1 rings (SSSR count). The Morgan fingerprint density at radius 3 is 2.42 bits per heavy atom. The van der Waals surface area contributed by atoms with E-state index < -0.39 is 30.3 Å². The van der Waals surface area contributed by atoms with Crippen molar-refractivity contribution in [1.82, 2.24) is 5.32 Å². The van der Waals surface area contributed by atoms with Gasteiger partial charge in [-0.1, -0.05) is 30.3 Å². The number of esters is 1. The third-order valence-electron chi connectivity index (χ3n) is 2.42. The Labute approximate surface area is 110 Å². The first-order valence-electron chi connectivity index (χ1n) is 5.66. The summed E-state index contributed by atoms with van der Waals surface area (Å²) in [5, 5.41) is 10.9. The Morgan fingerprint density at radius 1 is 1.26 bits per heavy atom. The molecule has 1 amide bonds. The van der Waals surface area contributed by atoms with Crippen molar-refractivity contribution in [3.8, 4) is 0 Å². The fraction of sp³-hybridized carbons (Fsp3) is 0.308. The van der Waals surface area contributed by atoms with Gasteiger partial charge >= 0.3 is 11.9 Å². The van der Waals surface area contributed by atoms with Crippen molar-refractivity contribution in [1.29, 1.82) is 0 Å². The topological polar surface area (TPSA) is 92.7 Å². The Hall–Kier alpha value is -2.37. The molecular formula is C13H15NO5. The van der Waals surface area contributed by atoms with Crippen LogP contribution < -0.4 is 5.32 Å².